The molecule has 1 aliphatic rings. The summed E-state index contributed by atoms with van der Waals surface area (Å²) in [6.45, 7) is 7.14. The monoisotopic (exact) mass is 360 g/mol. The minimum Gasteiger partial charge on any atom is -0.336 e. The van der Waals surface area contributed by atoms with E-state index in [9.17, 15) is 14.0 Å². The number of aromatic nitrogens is 2. The lowest BCUT2D eigenvalue weighted by Gasteiger charge is -2.34. The van der Waals surface area contributed by atoms with Crippen LogP contribution < -0.4 is 5.69 Å². The predicted molar refractivity (Wildman–Crippen MR) is 97.4 cm³/mol. The van der Waals surface area contributed by atoms with Crippen LogP contribution in [-0.4, -0.2) is 51.4 Å². The van der Waals surface area contributed by atoms with Gasteiger partial charge in [0.1, 0.15) is 11.5 Å². The van der Waals surface area contributed by atoms with E-state index in [1.54, 1.807) is 0 Å². The molecule has 1 atom stereocenters. The molecule has 2 aromatic rings. The Bertz CT molecular complexity index is 796. The molecule has 2 heterocycles. The molecule has 3 rings (SSSR count). The second-order valence-electron chi connectivity index (χ2n) is 7.17. The number of amides is 1. The lowest BCUT2D eigenvalue weighted by atomic mass is 10.0. The average Bonchev–Trinajstić information content (AvgIpc) is 2.93. The molecule has 7 heteroatoms. The Morgan fingerprint density at radius 3 is 2.62 bits per heavy atom. The van der Waals surface area contributed by atoms with E-state index in [1.165, 1.54) is 18.3 Å². The maximum Gasteiger partial charge on any atom is 0.323 e. The number of carbonyl (C=O) groups excluding carboxylic acids is 1. The molecular weight excluding hydrogens is 335 g/mol. The van der Waals surface area contributed by atoms with Gasteiger partial charge in [0, 0.05) is 38.4 Å². The number of benzene rings is 1. The molecule has 1 amide bonds. The third-order valence-corrected chi connectivity index (χ3v) is 4.93. The number of rotatable bonds is 4. The van der Waals surface area contributed by atoms with Crippen LogP contribution in [-0.2, 0) is 6.54 Å². The molecule has 2 N–H and O–H groups in total. The van der Waals surface area contributed by atoms with Gasteiger partial charge >= 0.3 is 5.69 Å². The summed E-state index contributed by atoms with van der Waals surface area (Å²) in [5, 5.41) is 0. The SMILES string of the molecule is CC(C)[C@@H]1CN(C(=O)c2c[nH]c(=O)[nH]2)CCCN1Cc1ccc(F)cc1. The zero-order chi connectivity index (χ0) is 18.7. The zero-order valence-corrected chi connectivity index (χ0v) is 15.2. The number of imidazole rings is 1. The number of carbonyl (C=O) groups is 1. The summed E-state index contributed by atoms with van der Waals surface area (Å²) in [6, 6.07) is 6.78. The van der Waals surface area contributed by atoms with Gasteiger partial charge in [0.15, 0.2) is 0 Å². The Hall–Kier alpha value is -2.41. The number of halogens is 1. The predicted octanol–water partition coefficient (Wildman–Crippen LogP) is 2.21. The number of nitrogens with one attached hydrogen (secondary N) is 2. The van der Waals surface area contributed by atoms with Gasteiger partial charge in [-0.25, -0.2) is 9.18 Å². The van der Waals surface area contributed by atoms with E-state index in [0.717, 1.165) is 25.1 Å². The Morgan fingerprint density at radius 2 is 2.00 bits per heavy atom. The maximum absolute atomic E-state index is 13.2. The van der Waals surface area contributed by atoms with Crippen LogP contribution in [0.4, 0.5) is 4.39 Å². The van der Waals surface area contributed by atoms with Crippen molar-refractivity contribution in [1.82, 2.24) is 19.8 Å². The quantitative estimate of drug-likeness (QED) is 0.878. The smallest absolute Gasteiger partial charge is 0.323 e. The third-order valence-electron chi connectivity index (χ3n) is 4.93. The van der Waals surface area contributed by atoms with E-state index in [-0.39, 0.29) is 23.5 Å². The van der Waals surface area contributed by atoms with Crippen molar-refractivity contribution < 1.29 is 9.18 Å². The van der Waals surface area contributed by atoms with E-state index >= 15 is 0 Å². The Kier molecular flexibility index (Phi) is 5.56. The molecule has 140 valence electrons. The summed E-state index contributed by atoms with van der Waals surface area (Å²) >= 11 is 0. The average molecular weight is 360 g/mol. The van der Waals surface area contributed by atoms with E-state index in [0.29, 0.717) is 24.7 Å². The van der Waals surface area contributed by atoms with E-state index in [2.05, 4.69) is 28.7 Å². The van der Waals surface area contributed by atoms with Crippen LogP contribution in [0.1, 0.15) is 36.3 Å². The van der Waals surface area contributed by atoms with Crippen molar-refractivity contribution >= 4 is 5.91 Å². The van der Waals surface area contributed by atoms with Gasteiger partial charge in [-0.3, -0.25) is 9.69 Å². The normalized spacial score (nSPS) is 18.9. The van der Waals surface area contributed by atoms with Gasteiger partial charge in [-0.15, -0.1) is 0 Å². The number of nitrogens with zero attached hydrogens (tertiary/aromatic N) is 2. The van der Waals surface area contributed by atoms with Crippen LogP contribution >= 0.6 is 0 Å². The van der Waals surface area contributed by atoms with Gasteiger partial charge in [-0.05, 0) is 30.0 Å². The van der Waals surface area contributed by atoms with Crippen molar-refractivity contribution in [3.63, 3.8) is 0 Å². The zero-order valence-electron chi connectivity index (χ0n) is 15.2. The molecule has 0 spiro atoms. The van der Waals surface area contributed by atoms with Crippen molar-refractivity contribution in [3.05, 3.63) is 58.0 Å². The first-order valence-electron chi connectivity index (χ1n) is 8.99. The van der Waals surface area contributed by atoms with Crippen molar-refractivity contribution in [3.8, 4) is 0 Å². The van der Waals surface area contributed by atoms with E-state index in [4.69, 9.17) is 0 Å². The second kappa shape index (κ2) is 7.86. The molecule has 1 fully saturated rings. The summed E-state index contributed by atoms with van der Waals surface area (Å²) in [4.78, 5) is 33.2. The van der Waals surface area contributed by atoms with E-state index < -0.39 is 0 Å². The number of H-pyrrole nitrogens is 2. The minimum absolute atomic E-state index is 0.155. The van der Waals surface area contributed by atoms with Crippen LogP contribution in [0.3, 0.4) is 0 Å². The van der Waals surface area contributed by atoms with Crippen LogP contribution in [0.15, 0.2) is 35.3 Å². The van der Waals surface area contributed by atoms with Gasteiger partial charge in [-0.2, -0.15) is 0 Å². The highest BCUT2D eigenvalue weighted by atomic mass is 19.1. The number of hydrogen-bond donors (Lipinski definition) is 2. The molecule has 0 bridgehead atoms. The van der Waals surface area contributed by atoms with Crippen molar-refractivity contribution in [1.29, 1.82) is 0 Å². The molecule has 0 saturated carbocycles. The van der Waals surface area contributed by atoms with Gasteiger partial charge in [0.2, 0.25) is 0 Å². The third kappa shape index (κ3) is 4.22. The molecule has 1 aliphatic heterocycles. The minimum atomic E-state index is -0.374. The molecule has 1 saturated heterocycles. The molecular formula is C19H25FN4O2. The summed E-state index contributed by atoms with van der Waals surface area (Å²) in [5.41, 5.74) is 0.984. The molecule has 6 nitrogen and oxygen atoms in total. The molecule has 1 aromatic heterocycles. The second-order valence-corrected chi connectivity index (χ2v) is 7.17. The lowest BCUT2D eigenvalue weighted by Crippen LogP contribution is -2.45. The molecule has 0 unspecified atom stereocenters. The summed E-state index contributed by atoms with van der Waals surface area (Å²) < 4.78 is 13.2. The topological polar surface area (TPSA) is 72.2 Å². The van der Waals surface area contributed by atoms with Crippen LogP contribution in [0.5, 0.6) is 0 Å². The highest BCUT2D eigenvalue weighted by molar-refractivity contribution is 5.92. The molecule has 0 aliphatic carbocycles. The highest BCUT2D eigenvalue weighted by Crippen LogP contribution is 2.21. The standard InChI is InChI=1S/C19H25FN4O2/c1-13(2)17-12-24(18(25)16-10-21-19(26)22-16)9-3-8-23(17)11-14-4-6-15(20)7-5-14/h4-7,10,13,17H,3,8-9,11-12H2,1-2H3,(H2,21,22,26)/t17-/m0/s1. The van der Waals surface area contributed by atoms with Gasteiger partial charge < -0.3 is 14.9 Å². The lowest BCUT2D eigenvalue weighted by molar-refractivity contribution is 0.0697. The fourth-order valence-electron chi connectivity index (χ4n) is 3.52. The fraction of sp³-hybridized carbons (Fsp3) is 0.474. The van der Waals surface area contributed by atoms with Gasteiger partial charge in [-0.1, -0.05) is 26.0 Å². The maximum atomic E-state index is 13.2. The summed E-state index contributed by atoms with van der Waals surface area (Å²) in [7, 11) is 0. The number of hydrogen-bond acceptors (Lipinski definition) is 3. The highest BCUT2D eigenvalue weighted by Gasteiger charge is 2.30. The Balaban J connectivity index is 1.75. The van der Waals surface area contributed by atoms with Crippen LogP contribution in [0.2, 0.25) is 0 Å². The molecule has 26 heavy (non-hydrogen) atoms. The van der Waals surface area contributed by atoms with Crippen LogP contribution in [0.25, 0.3) is 0 Å². The Labute approximate surface area is 152 Å². The molecule has 0 radical (unpaired) electrons. The Morgan fingerprint density at radius 1 is 1.27 bits per heavy atom. The van der Waals surface area contributed by atoms with Crippen molar-refractivity contribution in [2.24, 2.45) is 5.92 Å². The first kappa shape index (κ1) is 18.4. The fourth-order valence-corrected chi connectivity index (χ4v) is 3.52. The van der Waals surface area contributed by atoms with Crippen LogP contribution in [0, 0.1) is 11.7 Å². The van der Waals surface area contributed by atoms with Crippen molar-refractivity contribution in [2.75, 3.05) is 19.6 Å². The van der Waals surface area contributed by atoms with Gasteiger partial charge in [0.25, 0.3) is 5.91 Å². The van der Waals surface area contributed by atoms with E-state index in [1.807, 2.05) is 17.0 Å². The van der Waals surface area contributed by atoms with Gasteiger partial charge in [0.05, 0.1) is 0 Å². The number of aromatic amines is 2. The summed E-state index contributed by atoms with van der Waals surface area (Å²) in [6.07, 6.45) is 2.28. The first-order valence-corrected chi connectivity index (χ1v) is 8.99. The van der Waals surface area contributed by atoms with Crippen molar-refractivity contribution in [2.45, 2.75) is 32.9 Å². The largest absolute Gasteiger partial charge is 0.336 e. The summed E-state index contributed by atoms with van der Waals surface area (Å²) in [5.74, 6) is -0.0333. The molecule has 1 aromatic carbocycles. The first-order chi connectivity index (χ1) is 12.4.